The maximum absolute atomic E-state index is 11.2. The number of nitrogens with two attached hydrogens (primary N) is 2. The first-order valence-electron chi connectivity index (χ1n) is 4.75. The van der Waals surface area contributed by atoms with E-state index in [0.29, 0.717) is 21.6 Å². The minimum absolute atomic E-state index is 0.0690. The first-order chi connectivity index (χ1) is 7.99. The molecule has 8 heteroatoms. The van der Waals surface area contributed by atoms with Gasteiger partial charge in [0.25, 0.3) is 0 Å². The van der Waals surface area contributed by atoms with Gasteiger partial charge in [0.2, 0.25) is 5.91 Å². The van der Waals surface area contributed by atoms with Crippen LogP contribution < -0.4 is 16.8 Å². The molecular weight excluding hydrogens is 283 g/mol. The summed E-state index contributed by atoms with van der Waals surface area (Å²) in [7, 11) is 0. The molecule has 0 aliphatic heterocycles. The van der Waals surface area contributed by atoms with Crippen LogP contribution in [0.25, 0.3) is 0 Å². The molecule has 0 fully saturated rings. The van der Waals surface area contributed by atoms with E-state index in [4.69, 9.17) is 34.7 Å². The zero-order chi connectivity index (χ0) is 12.8. The zero-order valence-electron chi connectivity index (χ0n) is 8.87. The summed E-state index contributed by atoms with van der Waals surface area (Å²) in [6, 6.07) is 1.79. The molecule has 0 saturated carbocycles. The first-order valence-corrected chi connectivity index (χ1v) is 6.32. The molecule has 5 nitrogen and oxygen atoms in total. The van der Waals surface area contributed by atoms with E-state index in [0.717, 1.165) is 5.56 Å². The number of rotatable bonds is 5. The second-order valence-electron chi connectivity index (χ2n) is 3.19. The molecule has 1 heterocycles. The van der Waals surface area contributed by atoms with E-state index in [-0.39, 0.29) is 18.4 Å². The van der Waals surface area contributed by atoms with Crippen LogP contribution in [0, 0.1) is 0 Å². The van der Waals surface area contributed by atoms with E-state index in [1.54, 1.807) is 6.07 Å². The number of hydrogen-bond acceptors (Lipinski definition) is 3. The number of amides is 1. The third-order valence-corrected chi connectivity index (χ3v) is 3.42. The molecule has 1 aromatic heterocycles. The van der Waals surface area contributed by atoms with Crippen molar-refractivity contribution in [1.82, 2.24) is 5.32 Å². The molecule has 1 amide bonds. The number of thiophene rings is 1. The summed E-state index contributed by atoms with van der Waals surface area (Å²) in [5.74, 6) is -0.344. The molecule has 0 aliphatic carbocycles. The molecule has 0 aromatic carbocycles. The molecule has 5 N–H and O–H groups in total. The molecular formula is C9H12Cl2N4OS. The Morgan fingerprint density at radius 3 is 2.71 bits per heavy atom. The van der Waals surface area contributed by atoms with Gasteiger partial charge in [0.1, 0.15) is 6.54 Å². The van der Waals surface area contributed by atoms with Crippen molar-refractivity contribution in [2.75, 3.05) is 13.1 Å². The summed E-state index contributed by atoms with van der Waals surface area (Å²) in [6.07, 6.45) is 0.621. The van der Waals surface area contributed by atoms with Crippen LogP contribution in [0.3, 0.4) is 0 Å². The van der Waals surface area contributed by atoms with Crippen LogP contribution >= 0.6 is 34.5 Å². The second-order valence-corrected chi connectivity index (χ2v) is 5.48. The minimum Gasteiger partial charge on any atom is -0.370 e. The van der Waals surface area contributed by atoms with E-state index in [1.165, 1.54) is 11.3 Å². The van der Waals surface area contributed by atoms with Crippen LogP contribution in [-0.4, -0.2) is 25.0 Å². The highest BCUT2D eigenvalue weighted by molar-refractivity contribution is 7.20. The Balaban J connectivity index is 2.31. The van der Waals surface area contributed by atoms with Crippen LogP contribution in [0.1, 0.15) is 5.56 Å². The maximum atomic E-state index is 11.2. The molecule has 0 radical (unpaired) electrons. The van der Waals surface area contributed by atoms with Gasteiger partial charge < -0.3 is 16.8 Å². The normalized spacial score (nSPS) is 10.0. The lowest BCUT2D eigenvalue weighted by molar-refractivity contribution is -0.119. The predicted molar refractivity (Wildman–Crippen MR) is 71.7 cm³/mol. The SMILES string of the molecule is NC(N)=NCC(=O)NCCc1cc(Cl)sc1Cl. The van der Waals surface area contributed by atoms with Gasteiger partial charge in [0.05, 0.1) is 8.67 Å². The van der Waals surface area contributed by atoms with E-state index >= 15 is 0 Å². The number of carbonyl (C=O) groups excluding carboxylic acids is 1. The number of aliphatic imine (C=N–C) groups is 1. The monoisotopic (exact) mass is 294 g/mol. The Morgan fingerprint density at radius 2 is 2.18 bits per heavy atom. The molecule has 1 rings (SSSR count). The Kier molecular flexibility index (Phi) is 5.54. The first kappa shape index (κ1) is 14.1. The van der Waals surface area contributed by atoms with Crippen molar-refractivity contribution in [3.05, 3.63) is 20.3 Å². The van der Waals surface area contributed by atoms with Gasteiger partial charge in [-0.3, -0.25) is 4.79 Å². The summed E-state index contributed by atoms with van der Waals surface area (Å²) >= 11 is 13.0. The fourth-order valence-electron chi connectivity index (χ4n) is 1.10. The van der Waals surface area contributed by atoms with Gasteiger partial charge in [0, 0.05) is 6.54 Å². The number of nitrogens with one attached hydrogen (secondary N) is 1. The third kappa shape index (κ3) is 5.25. The van der Waals surface area contributed by atoms with Gasteiger partial charge in [-0.1, -0.05) is 23.2 Å². The van der Waals surface area contributed by atoms with Crippen LogP contribution in [0.2, 0.25) is 8.67 Å². The lowest BCUT2D eigenvalue weighted by Gasteiger charge is -2.02. The average Bonchev–Trinajstić information content (AvgIpc) is 2.55. The van der Waals surface area contributed by atoms with Crippen molar-refractivity contribution >= 4 is 46.4 Å². The molecule has 0 aliphatic rings. The second kappa shape index (κ2) is 6.68. The lowest BCUT2D eigenvalue weighted by Crippen LogP contribution is -2.30. The van der Waals surface area contributed by atoms with Gasteiger partial charge in [-0.15, -0.1) is 11.3 Å². The van der Waals surface area contributed by atoms with Crippen molar-refractivity contribution in [2.24, 2.45) is 16.5 Å². The fourth-order valence-corrected chi connectivity index (χ4v) is 2.64. The van der Waals surface area contributed by atoms with Crippen molar-refractivity contribution in [2.45, 2.75) is 6.42 Å². The minimum atomic E-state index is -0.240. The average molecular weight is 295 g/mol. The highest BCUT2D eigenvalue weighted by Gasteiger charge is 2.06. The standard InChI is InChI=1S/C9H12Cl2N4OS/c10-6-3-5(8(11)17-6)1-2-14-7(16)4-15-9(12)13/h3H,1-2,4H2,(H,14,16)(H4,12,13,15). The maximum Gasteiger partial charge on any atom is 0.241 e. The van der Waals surface area contributed by atoms with E-state index in [2.05, 4.69) is 10.3 Å². The van der Waals surface area contributed by atoms with Crippen molar-refractivity contribution in [1.29, 1.82) is 0 Å². The third-order valence-electron chi connectivity index (χ3n) is 1.85. The quantitative estimate of drug-likeness (QED) is 0.558. The molecule has 0 saturated heterocycles. The van der Waals surface area contributed by atoms with E-state index in [9.17, 15) is 4.79 Å². The Labute approximate surface area is 113 Å². The largest absolute Gasteiger partial charge is 0.370 e. The lowest BCUT2D eigenvalue weighted by atomic mass is 10.2. The molecule has 1 aromatic rings. The predicted octanol–water partition coefficient (Wildman–Crippen LogP) is 0.987. The Morgan fingerprint density at radius 1 is 1.47 bits per heavy atom. The zero-order valence-corrected chi connectivity index (χ0v) is 11.2. The van der Waals surface area contributed by atoms with Crippen LogP contribution in [0.4, 0.5) is 0 Å². The van der Waals surface area contributed by atoms with Gasteiger partial charge in [0.15, 0.2) is 5.96 Å². The molecule has 0 bridgehead atoms. The van der Waals surface area contributed by atoms with E-state index in [1.807, 2.05) is 0 Å². The van der Waals surface area contributed by atoms with Gasteiger partial charge in [-0.2, -0.15) is 0 Å². The number of halogens is 2. The summed E-state index contributed by atoms with van der Waals surface area (Å²) in [6.45, 7) is 0.395. The van der Waals surface area contributed by atoms with Gasteiger partial charge >= 0.3 is 0 Å². The molecule has 0 unspecified atom stereocenters. The summed E-state index contributed by atoms with van der Waals surface area (Å²) < 4.78 is 1.28. The molecule has 17 heavy (non-hydrogen) atoms. The topological polar surface area (TPSA) is 93.5 Å². The highest BCUT2D eigenvalue weighted by atomic mass is 35.5. The van der Waals surface area contributed by atoms with Crippen molar-refractivity contribution in [3.8, 4) is 0 Å². The summed E-state index contributed by atoms with van der Waals surface area (Å²) in [5, 5.41) is 2.67. The van der Waals surface area contributed by atoms with Crippen LogP contribution in [0.15, 0.2) is 11.1 Å². The van der Waals surface area contributed by atoms with Crippen molar-refractivity contribution < 1.29 is 4.79 Å². The number of guanidine groups is 1. The van der Waals surface area contributed by atoms with E-state index < -0.39 is 0 Å². The Bertz CT molecular complexity index is 429. The smallest absolute Gasteiger partial charge is 0.241 e. The highest BCUT2D eigenvalue weighted by Crippen LogP contribution is 2.31. The summed E-state index contributed by atoms with van der Waals surface area (Å²) in [5.41, 5.74) is 11.1. The van der Waals surface area contributed by atoms with Gasteiger partial charge in [-0.05, 0) is 18.1 Å². The van der Waals surface area contributed by atoms with Crippen molar-refractivity contribution in [3.63, 3.8) is 0 Å². The molecule has 0 spiro atoms. The number of hydrogen-bond donors (Lipinski definition) is 3. The Hall–Kier alpha value is -0.980. The van der Waals surface area contributed by atoms with Gasteiger partial charge in [-0.25, -0.2) is 4.99 Å². The summed E-state index contributed by atoms with van der Waals surface area (Å²) in [4.78, 5) is 14.8. The van der Waals surface area contributed by atoms with Crippen LogP contribution in [-0.2, 0) is 11.2 Å². The number of nitrogens with zero attached hydrogens (tertiary/aromatic N) is 1. The molecule has 94 valence electrons. The molecule has 0 atom stereocenters. The van der Waals surface area contributed by atoms with Crippen LogP contribution in [0.5, 0.6) is 0 Å². The fraction of sp³-hybridized carbons (Fsp3) is 0.333. The number of carbonyl (C=O) groups is 1.